The zero-order valence-electron chi connectivity index (χ0n) is 7.62. The molecule has 2 aromatic carbocycles. The molecule has 0 saturated carbocycles. The molecule has 2 aromatic rings. The average molecular weight is 284 g/mol. The zero-order chi connectivity index (χ0) is 10.2. The summed E-state index contributed by atoms with van der Waals surface area (Å²) in [6.45, 7) is 0. The van der Waals surface area contributed by atoms with Crippen LogP contribution in [0.1, 0.15) is 0 Å². The summed E-state index contributed by atoms with van der Waals surface area (Å²) in [6.07, 6.45) is 0. The van der Waals surface area contributed by atoms with Crippen molar-refractivity contribution in [1.29, 1.82) is 0 Å². The second kappa shape index (κ2) is 6.18. The second-order valence-corrected chi connectivity index (χ2v) is 4.34. The molecule has 0 aromatic heterocycles. The van der Waals surface area contributed by atoms with Crippen LogP contribution < -0.4 is 0 Å². The monoisotopic (exact) mass is 284 g/mol. The van der Waals surface area contributed by atoms with Crippen LogP contribution in [0.4, 0.5) is 0 Å². The number of rotatable bonds is 1. The van der Waals surface area contributed by atoms with Crippen molar-refractivity contribution in [3.05, 3.63) is 42.5 Å². The fourth-order valence-corrected chi connectivity index (χ4v) is 2.13. The molecule has 80 valence electrons. The normalized spacial score (nSPS) is 10.3. The molecule has 0 radical (unpaired) electrons. The Morgan fingerprint density at radius 3 is 2.12 bits per heavy atom. The molecule has 0 amide bonds. The quantitative estimate of drug-likeness (QED) is 0.637. The van der Waals surface area contributed by atoms with Gasteiger partial charge in [-0.1, -0.05) is 36.4 Å². The van der Waals surface area contributed by atoms with Gasteiger partial charge in [0.1, 0.15) is 4.90 Å². The van der Waals surface area contributed by atoms with Gasteiger partial charge in [-0.15, -0.1) is 0 Å². The van der Waals surface area contributed by atoms with Gasteiger partial charge in [-0.25, -0.2) is 0 Å². The molecule has 0 saturated heterocycles. The first kappa shape index (κ1) is 16.1. The molecule has 0 aliphatic heterocycles. The molecule has 2 rings (SSSR count). The molecule has 0 unspecified atom stereocenters. The van der Waals surface area contributed by atoms with Crippen LogP contribution in [0.25, 0.3) is 10.8 Å². The van der Waals surface area contributed by atoms with Crippen molar-refractivity contribution in [1.82, 2.24) is 0 Å². The number of hydrogen-bond acceptors (Lipinski definition) is 2. The van der Waals surface area contributed by atoms with E-state index in [1.54, 1.807) is 30.3 Å². The van der Waals surface area contributed by atoms with Crippen LogP contribution in [0.15, 0.2) is 47.4 Å². The summed E-state index contributed by atoms with van der Waals surface area (Å²) in [4.78, 5) is -0.0457. The second-order valence-electron chi connectivity index (χ2n) is 2.95. The molecule has 0 bridgehead atoms. The van der Waals surface area contributed by atoms with Gasteiger partial charge in [-0.05, 0) is 11.5 Å². The van der Waals surface area contributed by atoms with Crippen molar-refractivity contribution < 1.29 is 30.3 Å². The van der Waals surface area contributed by atoms with Gasteiger partial charge in [0.05, 0.1) is 0 Å². The Morgan fingerprint density at radius 2 is 1.50 bits per heavy atom. The van der Waals surface area contributed by atoms with Crippen LogP contribution in [-0.4, -0.2) is 42.5 Å². The first-order chi connectivity index (χ1) is 6.59. The predicted octanol–water partition coefficient (Wildman–Crippen LogP) is 1.44. The van der Waals surface area contributed by atoms with Crippen molar-refractivity contribution in [2.45, 2.75) is 4.90 Å². The Hall–Kier alpha value is 0.142. The summed E-state index contributed by atoms with van der Waals surface area (Å²) in [5, 5.41) is 1.33. The first-order valence-corrected chi connectivity index (χ1v) is 5.48. The van der Waals surface area contributed by atoms with Gasteiger partial charge < -0.3 is 0 Å². The molecule has 0 aliphatic rings. The molecule has 0 aliphatic carbocycles. The first-order valence-electron chi connectivity index (χ1n) is 4.04. The van der Waals surface area contributed by atoms with E-state index < -0.39 is 10.1 Å². The fraction of sp³-hybridized carbons (Fsp3) is 0. The van der Waals surface area contributed by atoms with Gasteiger partial charge >= 0.3 is 29.6 Å². The van der Waals surface area contributed by atoms with E-state index in [-0.39, 0.29) is 51.8 Å². The summed E-state index contributed by atoms with van der Waals surface area (Å²) in [7, 11) is -4.13. The average Bonchev–Trinajstić information content (AvgIpc) is 2.15. The Balaban J connectivity index is 0.00000112. The van der Waals surface area contributed by atoms with Crippen LogP contribution in [0.3, 0.4) is 0 Å². The van der Waals surface area contributed by atoms with E-state index in [2.05, 4.69) is 0 Å². The summed E-state index contributed by atoms with van der Waals surface area (Å²) >= 11 is 0. The van der Waals surface area contributed by atoms with Crippen molar-refractivity contribution in [3.8, 4) is 0 Å². The van der Waals surface area contributed by atoms with Gasteiger partial charge in [0, 0.05) is 22.7 Å². The Bertz CT molecular complexity index is 578. The third kappa shape index (κ3) is 3.32. The van der Waals surface area contributed by atoms with Crippen molar-refractivity contribution >= 4 is 50.4 Å². The molecule has 1 N–H and O–H groups in total. The Labute approximate surface area is 127 Å². The molecular formula is C10H9CrNaO3S. The van der Waals surface area contributed by atoms with E-state index in [0.29, 0.717) is 5.39 Å². The van der Waals surface area contributed by atoms with Crippen molar-refractivity contribution in [2.75, 3.05) is 0 Å². The molecule has 6 heteroatoms. The Kier molecular flexibility index (Phi) is 6.23. The molecule has 0 spiro atoms. The van der Waals surface area contributed by atoms with E-state index >= 15 is 0 Å². The summed E-state index contributed by atoms with van der Waals surface area (Å²) in [5.74, 6) is 0. The summed E-state index contributed by atoms with van der Waals surface area (Å²) in [6, 6.07) is 11.8. The third-order valence-electron chi connectivity index (χ3n) is 2.03. The molecule has 16 heavy (non-hydrogen) atoms. The van der Waals surface area contributed by atoms with Crippen LogP contribution in [0.2, 0.25) is 0 Å². The van der Waals surface area contributed by atoms with Gasteiger partial charge in [-0.3, -0.25) is 4.55 Å². The van der Waals surface area contributed by atoms with E-state index in [0.717, 1.165) is 5.39 Å². The fourth-order valence-electron chi connectivity index (χ4n) is 1.42. The van der Waals surface area contributed by atoms with E-state index in [1.807, 2.05) is 6.07 Å². The number of fused-ring (bicyclic) bond motifs is 1. The topological polar surface area (TPSA) is 54.4 Å². The molecule has 3 nitrogen and oxygen atoms in total. The van der Waals surface area contributed by atoms with E-state index in [1.165, 1.54) is 6.07 Å². The van der Waals surface area contributed by atoms with E-state index in [4.69, 9.17) is 4.55 Å². The van der Waals surface area contributed by atoms with Crippen molar-refractivity contribution in [2.24, 2.45) is 0 Å². The Morgan fingerprint density at radius 1 is 0.938 bits per heavy atom. The summed E-state index contributed by atoms with van der Waals surface area (Å²) < 4.78 is 31.0. The molecular weight excluding hydrogens is 275 g/mol. The van der Waals surface area contributed by atoms with Crippen molar-refractivity contribution in [3.63, 3.8) is 0 Å². The van der Waals surface area contributed by atoms with Crippen LogP contribution in [0, 0.1) is 0 Å². The van der Waals surface area contributed by atoms with Gasteiger partial charge in [0.2, 0.25) is 0 Å². The van der Waals surface area contributed by atoms with E-state index in [9.17, 15) is 8.42 Å². The standard InChI is InChI=1S/C10H8O3S.Cr.Na.H/c11-14(12,13)10-7-3-5-8-4-1-2-6-9(8)10;;;/h1-7H,(H,11,12,13);;;. The van der Waals surface area contributed by atoms with Crippen LogP contribution in [0.5, 0.6) is 0 Å². The van der Waals surface area contributed by atoms with Gasteiger partial charge in [0.25, 0.3) is 10.1 Å². The number of hydrogen-bond donors (Lipinski definition) is 1. The SMILES string of the molecule is O=S(=O)(O)c1cccc2ccccc12.[Cr].[NaH]. The predicted molar refractivity (Wildman–Crippen MR) is 60.9 cm³/mol. The minimum atomic E-state index is -4.13. The minimum absolute atomic E-state index is 0. The number of benzene rings is 2. The third-order valence-corrected chi connectivity index (χ3v) is 2.94. The van der Waals surface area contributed by atoms with Gasteiger partial charge in [0.15, 0.2) is 0 Å². The maximum atomic E-state index is 11.0. The van der Waals surface area contributed by atoms with Crippen LogP contribution in [-0.2, 0) is 27.5 Å². The molecule has 0 heterocycles. The summed E-state index contributed by atoms with van der Waals surface area (Å²) in [5.41, 5.74) is 0. The zero-order valence-corrected chi connectivity index (χ0v) is 9.71. The molecule has 0 atom stereocenters. The maximum absolute atomic E-state index is 11.0. The molecule has 0 fully saturated rings. The van der Waals surface area contributed by atoms with Crippen LogP contribution >= 0.6 is 0 Å². The van der Waals surface area contributed by atoms with Gasteiger partial charge in [-0.2, -0.15) is 8.42 Å².